The first-order valence-corrected chi connectivity index (χ1v) is 11.1. The monoisotopic (exact) mass is 438 g/mol. The van der Waals surface area contributed by atoms with Crippen LogP contribution >= 0.6 is 11.6 Å². The fourth-order valence-corrected chi connectivity index (χ4v) is 4.39. The molecule has 0 saturated carbocycles. The van der Waals surface area contributed by atoms with Gasteiger partial charge in [-0.1, -0.05) is 18.5 Å². The Kier molecular flexibility index (Phi) is 8.22. The van der Waals surface area contributed by atoms with Crippen molar-refractivity contribution in [3.63, 3.8) is 0 Å². The third-order valence-electron chi connectivity index (χ3n) is 5.59. The maximum absolute atomic E-state index is 13.2. The van der Waals surface area contributed by atoms with Gasteiger partial charge in [-0.15, -0.1) is 0 Å². The zero-order valence-corrected chi connectivity index (χ0v) is 18.6. The van der Waals surface area contributed by atoms with E-state index < -0.39 is 0 Å². The van der Waals surface area contributed by atoms with E-state index in [1.54, 1.807) is 17.9 Å². The molecule has 166 valence electrons. The number of likely N-dealkylation sites (N-methyl/N-ethyl adjacent to an activating group) is 1. The predicted molar refractivity (Wildman–Crippen MR) is 114 cm³/mol. The highest BCUT2D eigenvalue weighted by atomic mass is 35.5. The molecule has 0 spiro atoms. The van der Waals surface area contributed by atoms with Gasteiger partial charge in [-0.3, -0.25) is 14.5 Å². The number of nitrogens with zero attached hydrogens (tertiary/aromatic N) is 2. The van der Waals surface area contributed by atoms with Crippen LogP contribution in [-0.4, -0.2) is 73.7 Å². The number of likely N-dealkylation sites (tertiary alicyclic amines) is 1. The molecule has 2 heterocycles. The van der Waals surface area contributed by atoms with E-state index >= 15 is 0 Å². The van der Waals surface area contributed by atoms with Crippen LogP contribution in [0.15, 0.2) is 12.1 Å². The summed E-state index contributed by atoms with van der Waals surface area (Å²) in [5, 5.41) is 0.445. The SMILES string of the molecule is CCOC(=O)CCN(CC1CCCN1CC)C(=O)Cc1cc(Cl)c2c(c1)OCCO2. The Morgan fingerprint density at radius 2 is 2.07 bits per heavy atom. The van der Waals surface area contributed by atoms with Gasteiger partial charge in [0.2, 0.25) is 5.91 Å². The van der Waals surface area contributed by atoms with Crippen LogP contribution in [0.5, 0.6) is 11.5 Å². The highest BCUT2D eigenvalue weighted by Crippen LogP contribution is 2.38. The minimum absolute atomic E-state index is 0.0324. The summed E-state index contributed by atoms with van der Waals surface area (Å²) in [6.07, 6.45) is 2.58. The zero-order valence-electron chi connectivity index (χ0n) is 17.8. The molecule has 1 unspecified atom stereocenters. The molecule has 1 saturated heterocycles. The van der Waals surface area contributed by atoms with Crippen LogP contribution in [0.25, 0.3) is 0 Å². The first-order chi connectivity index (χ1) is 14.5. The van der Waals surface area contributed by atoms with E-state index in [1.807, 2.05) is 6.07 Å². The van der Waals surface area contributed by atoms with Crippen LogP contribution in [0.2, 0.25) is 5.02 Å². The lowest BCUT2D eigenvalue weighted by molar-refractivity contribution is -0.144. The van der Waals surface area contributed by atoms with Gasteiger partial charge in [0.05, 0.1) is 24.5 Å². The van der Waals surface area contributed by atoms with Gasteiger partial charge in [-0.05, 0) is 50.6 Å². The largest absolute Gasteiger partial charge is 0.486 e. The van der Waals surface area contributed by atoms with Crippen LogP contribution in [0, 0.1) is 0 Å². The van der Waals surface area contributed by atoms with E-state index in [9.17, 15) is 9.59 Å². The molecular weight excluding hydrogens is 408 g/mol. The normalized spacial score (nSPS) is 18.3. The molecule has 0 radical (unpaired) electrons. The quantitative estimate of drug-likeness (QED) is 0.552. The number of hydrogen-bond acceptors (Lipinski definition) is 6. The Labute approximate surface area is 183 Å². The number of fused-ring (bicyclic) bond motifs is 1. The van der Waals surface area contributed by atoms with E-state index in [2.05, 4.69) is 11.8 Å². The second-order valence-electron chi connectivity index (χ2n) is 7.60. The first kappa shape index (κ1) is 22.7. The van der Waals surface area contributed by atoms with Gasteiger partial charge in [0, 0.05) is 19.1 Å². The number of rotatable bonds is 9. The minimum atomic E-state index is -0.281. The second kappa shape index (κ2) is 10.9. The summed E-state index contributed by atoms with van der Waals surface area (Å²) in [4.78, 5) is 29.2. The van der Waals surface area contributed by atoms with E-state index in [0.717, 1.165) is 31.5 Å². The summed E-state index contributed by atoms with van der Waals surface area (Å²) in [7, 11) is 0. The Bertz CT molecular complexity index is 757. The summed E-state index contributed by atoms with van der Waals surface area (Å²) in [5.74, 6) is 0.789. The van der Waals surface area contributed by atoms with Gasteiger partial charge in [-0.2, -0.15) is 0 Å². The van der Waals surface area contributed by atoms with E-state index in [0.29, 0.717) is 55.5 Å². The van der Waals surface area contributed by atoms with Crippen LogP contribution < -0.4 is 9.47 Å². The molecule has 1 aromatic rings. The molecule has 3 rings (SSSR count). The number of carbonyl (C=O) groups is 2. The molecule has 1 fully saturated rings. The van der Waals surface area contributed by atoms with Crippen molar-refractivity contribution >= 4 is 23.5 Å². The minimum Gasteiger partial charge on any atom is -0.486 e. The number of esters is 1. The van der Waals surface area contributed by atoms with Crippen molar-refractivity contribution in [3.05, 3.63) is 22.7 Å². The summed E-state index contributed by atoms with van der Waals surface area (Å²) < 4.78 is 16.2. The highest BCUT2D eigenvalue weighted by Gasteiger charge is 2.28. The third-order valence-corrected chi connectivity index (χ3v) is 5.87. The summed E-state index contributed by atoms with van der Waals surface area (Å²) in [6, 6.07) is 3.89. The molecule has 7 nitrogen and oxygen atoms in total. The first-order valence-electron chi connectivity index (χ1n) is 10.8. The van der Waals surface area contributed by atoms with E-state index in [4.69, 9.17) is 25.8 Å². The molecule has 0 aromatic heterocycles. The molecule has 0 aliphatic carbocycles. The van der Waals surface area contributed by atoms with Gasteiger partial charge in [0.1, 0.15) is 13.2 Å². The van der Waals surface area contributed by atoms with Crippen LogP contribution in [0.3, 0.4) is 0 Å². The Morgan fingerprint density at radius 1 is 1.27 bits per heavy atom. The summed E-state index contributed by atoms with van der Waals surface area (Å²) in [5.41, 5.74) is 0.772. The molecule has 1 amide bonds. The van der Waals surface area contributed by atoms with Gasteiger partial charge in [-0.25, -0.2) is 0 Å². The molecule has 0 N–H and O–H groups in total. The van der Waals surface area contributed by atoms with Crippen LogP contribution in [-0.2, 0) is 20.7 Å². The van der Waals surface area contributed by atoms with E-state index in [-0.39, 0.29) is 24.7 Å². The van der Waals surface area contributed by atoms with Crippen LogP contribution in [0.4, 0.5) is 0 Å². The smallest absolute Gasteiger partial charge is 0.307 e. The number of halogens is 1. The number of hydrogen-bond donors (Lipinski definition) is 0. The molecule has 1 aromatic carbocycles. The number of ether oxygens (including phenoxy) is 3. The molecular formula is C22H31ClN2O5. The van der Waals surface area contributed by atoms with E-state index in [1.165, 1.54) is 0 Å². The van der Waals surface area contributed by atoms with Gasteiger partial charge in [0.25, 0.3) is 0 Å². The fraction of sp³-hybridized carbons (Fsp3) is 0.636. The van der Waals surface area contributed by atoms with Crippen molar-refractivity contribution in [2.45, 2.75) is 45.6 Å². The average molecular weight is 439 g/mol. The molecule has 1 atom stereocenters. The molecule has 30 heavy (non-hydrogen) atoms. The van der Waals surface area contributed by atoms with Crippen LogP contribution in [0.1, 0.15) is 38.7 Å². The zero-order chi connectivity index (χ0) is 21.5. The van der Waals surface area contributed by atoms with Crippen molar-refractivity contribution in [3.8, 4) is 11.5 Å². The van der Waals surface area contributed by atoms with Crippen molar-refractivity contribution in [1.29, 1.82) is 0 Å². The number of carbonyl (C=O) groups excluding carboxylic acids is 2. The summed E-state index contributed by atoms with van der Waals surface area (Å²) in [6.45, 7) is 8.16. The standard InChI is InChI=1S/C22H31ClN2O5/c1-3-24-8-5-6-17(24)15-25(9-7-21(27)28-4-2)20(26)14-16-12-18(23)22-19(13-16)29-10-11-30-22/h12-13,17H,3-11,14-15H2,1-2H3. The fourth-order valence-electron chi connectivity index (χ4n) is 4.10. The average Bonchev–Trinajstić information content (AvgIpc) is 3.18. The number of amides is 1. The lowest BCUT2D eigenvalue weighted by atomic mass is 10.1. The summed E-state index contributed by atoms with van der Waals surface area (Å²) >= 11 is 6.33. The third kappa shape index (κ3) is 5.79. The van der Waals surface area contributed by atoms with Crippen molar-refractivity contribution in [2.24, 2.45) is 0 Å². The Morgan fingerprint density at radius 3 is 2.83 bits per heavy atom. The molecule has 2 aliphatic heterocycles. The molecule has 8 heteroatoms. The van der Waals surface area contributed by atoms with Crippen molar-refractivity contribution < 1.29 is 23.8 Å². The van der Waals surface area contributed by atoms with Gasteiger partial charge >= 0.3 is 5.97 Å². The second-order valence-corrected chi connectivity index (χ2v) is 8.01. The lowest BCUT2D eigenvalue weighted by Gasteiger charge is -2.30. The highest BCUT2D eigenvalue weighted by molar-refractivity contribution is 6.32. The number of benzene rings is 1. The molecule has 0 bridgehead atoms. The topological polar surface area (TPSA) is 68.3 Å². The van der Waals surface area contributed by atoms with Crippen molar-refractivity contribution in [2.75, 3.05) is 46.0 Å². The van der Waals surface area contributed by atoms with Gasteiger partial charge < -0.3 is 19.1 Å². The lowest BCUT2D eigenvalue weighted by Crippen LogP contribution is -2.44. The van der Waals surface area contributed by atoms with Crippen molar-refractivity contribution in [1.82, 2.24) is 9.80 Å². The predicted octanol–water partition coefficient (Wildman–Crippen LogP) is 2.92. The maximum Gasteiger partial charge on any atom is 0.307 e. The Balaban J connectivity index is 1.70. The molecule has 2 aliphatic rings. The Hall–Kier alpha value is -1.99. The maximum atomic E-state index is 13.2. The van der Waals surface area contributed by atoms with Gasteiger partial charge in [0.15, 0.2) is 11.5 Å².